The normalized spacial score (nSPS) is 11.4. The quantitative estimate of drug-likeness (QED) is 0.657. The minimum atomic E-state index is -1.66. The van der Waals surface area contributed by atoms with Crippen molar-refractivity contribution in [3.05, 3.63) is 29.3 Å². The molecule has 0 N–H and O–H groups in total. The average molecular weight is 183 g/mol. The fourth-order valence-electron chi connectivity index (χ4n) is 1.03. The van der Waals surface area contributed by atoms with Crippen molar-refractivity contribution in [2.24, 2.45) is 0 Å². The Kier molecular flexibility index (Phi) is 2.96. The van der Waals surface area contributed by atoms with Crippen LogP contribution in [0.15, 0.2) is 18.2 Å². The van der Waals surface area contributed by atoms with Gasteiger partial charge in [0, 0.05) is 5.56 Å². The van der Waals surface area contributed by atoms with E-state index >= 15 is 0 Å². The van der Waals surface area contributed by atoms with Crippen molar-refractivity contribution in [3.63, 3.8) is 0 Å². The van der Waals surface area contributed by atoms with Crippen molar-refractivity contribution in [1.82, 2.24) is 0 Å². The van der Waals surface area contributed by atoms with Crippen molar-refractivity contribution in [2.45, 2.75) is 13.8 Å². The van der Waals surface area contributed by atoms with Gasteiger partial charge in [0.1, 0.15) is 0 Å². The van der Waals surface area contributed by atoms with Crippen LogP contribution in [0.25, 0.3) is 0 Å². The fourth-order valence-corrected chi connectivity index (χ4v) is 1.89. The highest BCUT2D eigenvalue weighted by Gasteiger charge is 2.22. The summed E-state index contributed by atoms with van der Waals surface area (Å²) in [4.78, 5) is 0. The fraction of sp³-hybridized carbons (Fsp3) is 0.333. The van der Waals surface area contributed by atoms with Crippen LogP contribution in [-0.4, -0.2) is 7.11 Å². The number of aryl methyl sites for hydroxylation is 1. The number of rotatable bonds is 2. The van der Waals surface area contributed by atoms with Crippen LogP contribution in [0.5, 0.6) is 0 Å². The van der Waals surface area contributed by atoms with Gasteiger partial charge in [0.15, 0.2) is 0 Å². The molecule has 1 rings (SSSR count). The molecule has 3 heteroatoms. The maximum Gasteiger partial charge on any atom is 0.548 e. The van der Waals surface area contributed by atoms with Crippen LogP contribution in [0.3, 0.4) is 0 Å². The second-order valence-electron chi connectivity index (χ2n) is 2.66. The third-order valence-electron chi connectivity index (χ3n) is 1.94. The third kappa shape index (κ3) is 1.71. The van der Waals surface area contributed by atoms with Crippen molar-refractivity contribution in [2.75, 3.05) is 7.11 Å². The Hall–Kier alpha value is -0.720. The molecule has 2 nitrogen and oxygen atoms in total. The van der Waals surface area contributed by atoms with E-state index in [4.69, 9.17) is 4.52 Å². The van der Waals surface area contributed by atoms with Gasteiger partial charge in [-0.15, -0.1) is 4.52 Å². The van der Waals surface area contributed by atoms with Crippen LogP contribution >= 0.6 is 8.03 Å². The molecular formula is C9H12O2P+. The van der Waals surface area contributed by atoms with E-state index in [-0.39, 0.29) is 0 Å². The average Bonchev–Trinajstić information content (AvgIpc) is 2.08. The van der Waals surface area contributed by atoms with Crippen molar-refractivity contribution < 1.29 is 9.09 Å². The molecule has 0 aliphatic rings. The van der Waals surface area contributed by atoms with Gasteiger partial charge in [-0.3, -0.25) is 0 Å². The van der Waals surface area contributed by atoms with Crippen molar-refractivity contribution in [3.8, 4) is 0 Å². The molecule has 0 fully saturated rings. The van der Waals surface area contributed by atoms with Gasteiger partial charge in [-0.1, -0.05) is 12.1 Å². The standard InChI is InChI=1S/C9H12O2P/c1-7-5-4-6-9(8(7)2)12(10)11-3/h4-6H,1-3H3/q+1. The predicted molar refractivity (Wildman–Crippen MR) is 50.2 cm³/mol. The highest BCUT2D eigenvalue weighted by Crippen LogP contribution is 2.22. The molecule has 1 aromatic carbocycles. The second-order valence-corrected chi connectivity index (χ2v) is 4.02. The molecule has 0 saturated heterocycles. The zero-order chi connectivity index (χ0) is 9.14. The lowest BCUT2D eigenvalue weighted by Crippen LogP contribution is -2.03. The Morgan fingerprint density at radius 1 is 1.33 bits per heavy atom. The molecule has 0 amide bonds. The van der Waals surface area contributed by atoms with Gasteiger partial charge < -0.3 is 0 Å². The highest BCUT2D eigenvalue weighted by atomic mass is 31.1. The Labute approximate surface area is 73.4 Å². The van der Waals surface area contributed by atoms with E-state index in [9.17, 15) is 4.57 Å². The number of hydrogen-bond donors (Lipinski definition) is 0. The lowest BCUT2D eigenvalue weighted by atomic mass is 10.1. The molecule has 0 bridgehead atoms. The van der Waals surface area contributed by atoms with Crippen LogP contribution in [0.2, 0.25) is 0 Å². The van der Waals surface area contributed by atoms with E-state index in [1.165, 1.54) is 7.11 Å². The first-order valence-electron chi connectivity index (χ1n) is 3.74. The maximum absolute atomic E-state index is 11.3. The smallest absolute Gasteiger partial charge is 0.145 e. The molecule has 0 aliphatic carbocycles. The van der Waals surface area contributed by atoms with Crippen LogP contribution < -0.4 is 5.30 Å². The summed E-state index contributed by atoms with van der Waals surface area (Å²) >= 11 is 0. The van der Waals surface area contributed by atoms with E-state index in [0.717, 1.165) is 16.4 Å². The zero-order valence-corrected chi connectivity index (χ0v) is 8.39. The van der Waals surface area contributed by atoms with Gasteiger partial charge in [0.2, 0.25) is 5.30 Å². The summed E-state index contributed by atoms with van der Waals surface area (Å²) < 4.78 is 16.1. The zero-order valence-electron chi connectivity index (χ0n) is 7.50. The Morgan fingerprint density at radius 2 is 2.00 bits per heavy atom. The van der Waals surface area contributed by atoms with E-state index in [1.807, 2.05) is 32.0 Å². The van der Waals surface area contributed by atoms with E-state index in [1.54, 1.807) is 0 Å². The molecule has 1 aromatic rings. The monoisotopic (exact) mass is 183 g/mol. The Bertz CT molecular complexity index is 307. The van der Waals surface area contributed by atoms with Gasteiger partial charge >= 0.3 is 8.03 Å². The summed E-state index contributed by atoms with van der Waals surface area (Å²) in [5.41, 5.74) is 2.20. The molecule has 0 aliphatic heterocycles. The minimum absolute atomic E-state index is 0.799. The largest absolute Gasteiger partial charge is 0.548 e. The molecule has 64 valence electrons. The molecule has 0 saturated carbocycles. The van der Waals surface area contributed by atoms with Crippen LogP contribution in [-0.2, 0) is 9.09 Å². The topological polar surface area (TPSA) is 26.3 Å². The van der Waals surface area contributed by atoms with Gasteiger partial charge in [-0.25, -0.2) is 0 Å². The highest BCUT2D eigenvalue weighted by molar-refractivity contribution is 7.48. The van der Waals surface area contributed by atoms with Gasteiger partial charge in [0.05, 0.1) is 7.11 Å². The maximum atomic E-state index is 11.3. The van der Waals surface area contributed by atoms with E-state index < -0.39 is 8.03 Å². The molecule has 0 spiro atoms. The van der Waals surface area contributed by atoms with Crippen LogP contribution in [0, 0.1) is 13.8 Å². The van der Waals surface area contributed by atoms with Gasteiger partial charge in [0.25, 0.3) is 0 Å². The third-order valence-corrected chi connectivity index (χ3v) is 3.15. The Morgan fingerprint density at radius 3 is 2.58 bits per heavy atom. The first-order chi connectivity index (χ1) is 5.66. The number of benzene rings is 1. The molecule has 12 heavy (non-hydrogen) atoms. The molecule has 0 radical (unpaired) electrons. The summed E-state index contributed by atoms with van der Waals surface area (Å²) in [5, 5.41) is 0.799. The van der Waals surface area contributed by atoms with Gasteiger partial charge in [-0.2, -0.15) is 0 Å². The summed E-state index contributed by atoms with van der Waals surface area (Å²) in [6.07, 6.45) is 0. The van der Waals surface area contributed by atoms with E-state index in [0.29, 0.717) is 0 Å². The van der Waals surface area contributed by atoms with Crippen molar-refractivity contribution in [1.29, 1.82) is 0 Å². The van der Waals surface area contributed by atoms with Crippen LogP contribution in [0.4, 0.5) is 0 Å². The molecule has 1 unspecified atom stereocenters. The van der Waals surface area contributed by atoms with Crippen LogP contribution in [0.1, 0.15) is 11.1 Å². The molecular weight excluding hydrogens is 171 g/mol. The molecule has 1 atom stereocenters. The first-order valence-corrected chi connectivity index (χ1v) is 4.92. The van der Waals surface area contributed by atoms with Gasteiger partial charge in [-0.05, 0) is 30.0 Å². The molecule has 0 heterocycles. The number of hydrogen-bond acceptors (Lipinski definition) is 2. The second kappa shape index (κ2) is 3.79. The lowest BCUT2D eigenvalue weighted by Gasteiger charge is -1.96. The predicted octanol–water partition coefficient (Wildman–Crippen LogP) is 2.32. The lowest BCUT2D eigenvalue weighted by molar-refractivity contribution is 0.423. The Balaban J connectivity index is 3.16. The minimum Gasteiger partial charge on any atom is -0.145 e. The molecule has 0 aromatic heterocycles. The summed E-state index contributed by atoms with van der Waals surface area (Å²) in [7, 11) is -0.202. The van der Waals surface area contributed by atoms with E-state index in [2.05, 4.69) is 0 Å². The first kappa shape index (κ1) is 9.37. The SMILES string of the molecule is CO[P+](=O)c1cccc(C)c1C. The van der Waals surface area contributed by atoms with Crippen molar-refractivity contribution >= 4 is 13.3 Å². The summed E-state index contributed by atoms with van der Waals surface area (Å²) in [6, 6.07) is 5.73. The summed E-state index contributed by atoms with van der Waals surface area (Å²) in [6.45, 7) is 3.95. The summed E-state index contributed by atoms with van der Waals surface area (Å²) in [5.74, 6) is 0.